The maximum absolute atomic E-state index is 12.0. The van der Waals surface area contributed by atoms with Crippen LogP contribution in [0.2, 0.25) is 5.02 Å². The Morgan fingerprint density at radius 3 is 2.53 bits per heavy atom. The van der Waals surface area contributed by atoms with Gasteiger partial charge in [-0.3, -0.25) is 14.4 Å². The van der Waals surface area contributed by atoms with Crippen molar-refractivity contribution in [1.82, 2.24) is 5.43 Å². The molecule has 2 N–H and O–H groups in total. The van der Waals surface area contributed by atoms with E-state index in [1.54, 1.807) is 43.3 Å². The zero-order valence-electron chi connectivity index (χ0n) is 16.8. The second-order valence-electron chi connectivity index (χ2n) is 6.26. The van der Waals surface area contributed by atoms with E-state index in [1.807, 2.05) is 0 Å². The second-order valence-corrected chi connectivity index (χ2v) is 6.66. The molecule has 0 bridgehead atoms. The number of carbonyl (C=O) groups excluding carboxylic acids is 3. The number of carbonyl (C=O) groups is 3. The fourth-order valence-corrected chi connectivity index (χ4v) is 2.60. The van der Waals surface area contributed by atoms with E-state index in [-0.39, 0.29) is 24.5 Å². The number of benzene rings is 2. The van der Waals surface area contributed by atoms with Crippen LogP contribution >= 0.6 is 11.6 Å². The van der Waals surface area contributed by atoms with Crippen LogP contribution in [0.25, 0.3) is 0 Å². The van der Waals surface area contributed by atoms with Gasteiger partial charge in [-0.05, 0) is 48.4 Å². The van der Waals surface area contributed by atoms with E-state index in [2.05, 4.69) is 15.8 Å². The average molecular weight is 432 g/mol. The van der Waals surface area contributed by atoms with Crippen molar-refractivity contribution in [2.75, 3.05) is 12.4 Å². The molecule has 0 spiro atoms. The van der Waals surface area contributed by atoms with E-state index in [0.717, 1.165) is 5.56 Å². The third kappa shape index (κ3) is 6.89. The Morgan fingerprint density at radius 1 is 1.10 bits per heavy atom. The third-order valence-corrected chi connectivity index (χ3v) is 4.37. The Morgan fingerprint density at radius 2 is 1.83 bits per heavy atom. The van der Waals surface area contributed by atoms with Gasteiger partial charge in [0, 0.05) is 30.5 Å². The highest BCUT2D eigenvalue weighted by molar-refractivity contribution is 6.31. The van der Waals surface area contributed by atoms with Crippen molar-refractivity contribution in [2.45, 2.75) is 26.7 Å². The lowest BCUT2D eigenvalue weighted by atomic mass is 10.2. The van der Waals surface area contributed by atoms with Gasteiger partial charge in [-0.1, -0.05) is 17.7 Å². The molecule has 158 valence electrons. The van der Waals surface area contributed by atoms with Gasteiger partial charge in [-0.15, -0.1) is 0 Å². The molecule has 0 radical (unpaired) electrons. The molecule has 0 aromatic heterocycles. The largest absolute Gasteiger partial charge is 0.493 e. The van der Waals surface area contributed by atoms with Crippen LogP contribution < -0.4 is 20.2 Å². The van der Waals surface area contributed by atoms with Crippen LogP contribution in [0.5, 0.6) is 11.5 Å². The molecule has 0 unspecified atom stereocenters. The van der Waals surface area contributed by atoms with Crippen molar-refractivity contribution in [3.05, 3.63) is 52.5 Å². The molecule has 2 aromatic rings. The van der Waals surface area contributed by atoms with Gasteiger partial charge >= 0.3 is 5.97 Å². The quantitative estimate of drug-likeness (QED) is 0.288. The van der Waals surface area contributed by atoms with Crippen molar-refractivity contribution in [3.8, 4) is 11.5 Å². The molecule has 0 aliphatic rings. The minimum Gasteiger partial charge on any atom is -0.493 e. The normalized spacial score (nSPS) is 10.5. The van der Waals surface area contributed by atoms with Gasteiger partial charge < -0.3 is 14.8 Å². The molecule has 0 aliphatic carbocycles. The molecule has 2 amide bonds. The summed E-state index contributed by atoms with van der Waals surface area (Å²) in [4.78, 5) is 35.0. The molecule has 0 aliphatic heterocycles. The van der Waals surface area contributed by atoms with E-state index in [9.17, 15) is 14.4 Å². The smallest absolute Gasteiger partial charge is 0.308 e. The number of anilines is 1. The predicted octanol–water partition coefficient (Wildman–Crippen LogP) is 3.45. The van der Waals surface area contributed by atoms with Gasteiger partial charge in [0.15, 0.2) is 11.5 Å². The van der Waals surface area contributed by atoms with Gasteiger partial charge in [0.05, 0.1) is 13.3 Å². The molecule has 0 saturated carbocycles. The molecule has 0 heterocycles. The van der Waals surface area contributed by atoms with Crippen LogP contribution in [-0.2, 0) is 14.4 Å². The molecule has 30 heavy (non-hydrogen) atoms. The van der Waals surface area contributed by atoms with Gasteiger partial charge in [-0.2, -0.15) is 5.10 Å². The summed E-state index contributed by atoms with van der Waals surface area (Å²) in [5.41, 5.74) is 4.35. The standard InChI is InChI=1S/C21H22ClN3O5/c1-13-16(22)5-4-6-17(13)24-20(27)9-10-21(28)25-23-12-15-7-8-18(30-14(2)26)19(11-15)29-3/h4-8,11-12H,9-10H2,1-3H3,(H,24,27)(H,25,28). The number of nitrogens with one attached hydrogen (secondary N) is 2. The summed E-state index contributed by atoms with van der Waals surface area (Å²) in [6.45, 7) is 3.09. The monoisotopic (exact) mass is 431 g/mol. The molecule has 2 rings (SSSR count). The predicted molar refractivity (Wildman–Crippen MR) is 114 cm³/mol. The van der Waals surface area contributed by atoms with Crippen LogP contribution in [0.15, 0.2) is 41.5 Å². The topological polar surface area (TPSA) is 106 Å². The number of nitrogens with zero attached hydrogens (tertiary/aromatic N) is 1. The van der Waals surface area contributed by atoms with Crippen molar-refractivity contribution < 1.29 is 23.9 Å². The minimum atomic E-state index is -0.462. The maximum atomic E-state index is 12.0. The highest BCUT2D eigenvalue weighted by Gasteiger charge is 2.10. The highest BCUT2D eigenvalue weighted by atomic mass is 35.5. The molecular weight excluding hydrogens is 410 g/mol. The molecule has 0 saturated heterocycles. The Kier molecular flexibility index (Phi) is 8.37. The molecular formula is C21H22ClN3O5. The number of amides is 2. The molecule has 0 atom stereocenters. The molecule has 0 fully saturated rings. The summed E-state index contributed by atoms with van der Waals surface area (Å²) in [6.07, 6.45) is 1.38. The Bertz CT molecular complexity index is 975. The first kappa shape index (κ1) is 22.9. The van der Waals surface area contributed by atoms with Gasteiger partial charge in [-0.25, -0.2) is 5.43 Å². The molecule has 9 heteroatoms. The Balaban J connectivity index is 1.84. The number of hydrogen-bond donors (Lipinski definition) is 2. The highest BCUT2D eigenvalue weighted by Crippen LogP contribution is 2.27. The average Bonchev–Trinajstić information content (AvgIpc) is 2.70. The van der Waals surface area contributed by atoms with Gasteiger partial charge in [0.25, 0.3) is 0 Å². The van der Waals surface area contributed by atoms with Crippen LogP contribution in [0, 0.1) is 6.92 Å². The summed E-state index contributed by atoms with van der Waals surface area (Å²) in [5.74, 6) is -0.532. The number of halogens is 1. The van der Waals surface area contributed by atoms with Crippen LogP contribution in [0.4, 0.5) is 5.69 Å². The number of ether oxygens (including phenoxy) is 2. The second kappa shape index (κ2) is 11.0. The first-order valence-corrected chi connectivity index (χ1v) is 9.41. The minimum absolute atomic E-state index is 0.00177. The number of methoxy groups -OCH3 is 1. The third-order valence-electron chi connectivity index (χ3n) is 3.97. The van der Waals surface area contributed by atoms with Crippen molar-refractivity contribution in [1.29, 1.82) is 0 Å². The summed E-state index contributed by atoms with van der Waals surface area (Å²) >= 11 is 6.02. The van der Waals surface area contributed by atoms with Crippen molar-refractivity contribution in [2.24, 2.45) is 5.10 Å². The first-order chi connectivity index (χ1) is 14.3. The zero-order chi connectivity index (χ0) is 22.1. The Labute approximate surface area is 179 Å². The van der Waals surface area contributed by atoms with E-state index in [0.29, 0.717) is 22.0 Å². The summed E-state index contributed by atoms with van der Waals surface area (Å²) in [6, 6.07) is 10.0. The number of esters is 1. The maximum Gasteiger partial charge on any atom is 0.308 e. The van der Waals surface area contributed by atoms with E-state index < -0.39 is 11.9 Å². The SMILES string of the molecule is COc1cc(C=NNC(=O)CCC(=O)Nc2cccc(Cl)c2C)ccc1OC(C)=O. The lowest BCUT2D eigenvalue weighted by molar-refractivity contribution is -0.132. The van der Waals surface area contributed by atoms with Gasteiger partial charge in [0.2, 0.25) is 11.8 Å². The number of hydrazone groups is 1. The lowest BCUT2D eigenvalue weighted by Crippen LogP contribution is -2.20. The zero-order valence-corrected chi connectivity index (χ0v) is 17.6. The lowest BCUT2D eigenvalue weighted by Gasteiger charge is -2.09. The molecule has 8 nitrogen and oxygen atoms in total. The first-order valence-electron chi connectivity index (χ1n) is 9.03. The van der Waals surface area contributed by atoms with Crippen LogP contribution in [0.1, 0.15) is 30.9 Å². The van der Waals surface area contributed by atoms with Gasteiger partial charge in [0.1, 0.15) is 0 Å². The summed E-state index contributed by atoms with van der Waals surface area (Å²) in [5, 5.41) is 7.14. The Hall–Kier alpha value is -3.39. The van der Waals surface area contributed by atoms with Crippen LogP contribution in [0.3, 0.4) is 0 Å². The number of hydrogen-bond acceptors (Lipinski definition) is 6. The fourth-order valence-electron chi connectivity index (χ4n) is 2.42. The van der Waals surface area contributed by atoms with Crippen molar-refractivity contribution in [3.63, 3.8) is 0 Å². The van der Waals surface area contributed by atoms with E-state index in [1.165, 1.54) is 20.2 Å². The number of rotatable bonds is 8. The van der Waals surface area contributed by atoms with E-state index >= 15 is 0 Å². The summed E-state index contributed by atoms with van der Waals surface area (Å²) < 4.78 is 10.2. The molecule has 2 aromatic carbocycles. The summed E-state index contributed by atoms with van der Waals surface area (Å²) in [7, 11) is 1.45. The van der Waals surface area contributed by atoms with Crippen molar-refractivity contribution >= 4 is 41.3 Å². The fraction of sp³-hybridized carbons (Fsp3) is 0.238. The van der Waals surface area contributed by atoms with Crippen LogP contribution in [-0.4, -0.2) is 31.1 Å². The van der Waals surface area contributed by atoms with E-state index in [4.69, 9.17) is 21.1 Å².